The van der Waals surface area contributed by atoms with Crippen LogP contribution < -0.4 is 5.32 Å². The molecule has 8 nitrogen and oxygen atoms in total. The zero-order valence-corrected chi connectivity index (χ0v) is 11.3. The Labute approximate surface area is 113 Å². The van der Waals surface area contributed by atoms with Crippen molar-refractivity contribution in [1.29, 1.82) is 0 Å². The molecule has 0 aromatic carbocycles. The summed E-state index contributed by atoms with van der Waals surface area (Å²) in [4.78, 5) is 22.1. The number of amides is 1. The highest BCUT2D eigenvalue weighted by atomic mass is 32.2. The fraction of sp³-hybridized carbons (Fsp3) is 0.700. The maximum absolute atomic E-state index is 11.6. The van der Waals surface area contributed by atoms with Crippen molar-refractivity contribution in [2.24, 2.45) is 0 Å². The van der Waals surface area contributed by atoms with Crippen molar-refractivity contribution in [3.63, 3.8) is 0 Å². The van der Waals surface area contributed by atoms with E-state index < -0.39 is 5.97 Å². The van der Waals surface area contributed by atoms with E-state index in [1.165, 1.54) is 11.8 Å². The smallest absolute Gasteiger partial charge is 0.305 e. The quantitative estimate of drug-likeness (QED) is 0.682. The summed E-state index contributed by atoms with van der Waals surface area (Å²) in [5.41, 5.74) is 0. The van der Waals surface area contributed by atoms with Crippen molar-refractivity contribution in [2.75, 3.05) is 5.75 Å². The average molecular weight is 285 g/mol. The van der Waals surface area contributed by atoms with Gasteiger partial charge in [-0.25, -0.2) is 4.68 Å². The van der Waals surface area contributed by atoms with Crippen molar-refractivity contribution >= 4 is 23.6 Å². The van der Waals surface area contributed by atoms with Gasteiger partial charge >= 0.3 is 5.97 Å². The number of carboxylic acids is 1. The molecule has 1 aromatic rings. The first-order valence-electron chi connectivity index (χ1n) is 5.98. The number of nitrogens with one attached hydrogen (secondary N) is 1. The topological polar surface area (TPSA) is 110 Å². The molecule has 0 saturated heterocycles. The van der Waals surface area contributed by atoms with Crippen LogP contribution >= 0.6 is 11.8 Å². The number of hydrogen-bond donors (Lipinski definition) is 2. The number of hydrogen-bond acceptors (Lipinski definition) is 6. The first kappa shape index (κ1) is 13.8. The lowest BCUT2D eigenvalue weighted by Crippen LogP contribution is -2.35. The first-order valence-corrected chi connectivity index (χ1v) is 6.96. The fourth-order valence-electron chi connectivity index (χ4n) is 1.59. The van der Waals surface area contributed by atoms with E-state index in [1.54, 1.807) is 11.6 Å². The van der Waals surface area contributed by atoms with Gasteiger partial charge in [-0.15, -0.1) is 5.10 Å². The molecule has 1 amide bonds. The molecule has 0 spiro atoms. The molecule has 19 heavy (non-hydrogen) atoms. The van der Waals surface area contributed by atoms with Crippen LogP contribution in [0.4, 0.5) is 0 Å². The minimum Gasteiger partial charge on any atom is -0.481 e. The van der Waals surface area contributed by atoms with E-state index in [2.05, 4.69) is 20.8 Å². The predicted molar refractivity (Wildman–Crippen MR) is 66.7 cm³/mol. The number of tetrazole rings is 1. The summed E-state index contributed by atoms with van der Waals surface area (Å²) in [6.07, 6.45) is 2.05. The molecule has 0 aliphatic heterocycles. The maximum Gasteiger partial charge on any atom is 0.305 e. The predicted octanol–water partition coefficient (Wildman–Crippen LogP) is 0.0795. The second-order valence-electron chi connectivity index (χ2n) is 4.49. The lowest BCUT2D eigenvalue weighted by molar-refractivity contribution is -0.137. The van der Waals surface area contributed by atoms with Crippen LogP contribution in [-0.4, -0.2) is 49.0 Å². The van der Waals surface area contributed by atoms with Gasteiger partial charge in [0.05, 0.1) is 18.2 Å². The number of rotatable bonds is 7. The Kier molecular flexibility index (Phi) is 4.35. The van der Waals surface area contributed by atoms with Crippen molar-refractivity contribution in [3.05, 3.63) is 0 Å². The maximum atomic E-state index is 11.6. The Balaban J connectivity index is 1.76. The minimum absolute atomic E-state index is 0.0871. The van der Waals surface area contributed by atoms with Crippen molar-refractivity contribution in [1.82, 2.24) is 25.5 Å². The van der Waals surface area contributed by atoms with Gasteiger partial charge in [0.15, 0.2) is 0 Å². The van der Waals surface area contributed by atoms with Crippen LogP contribution in [0.25, 0.3) is 0 Å². The van der Waals surface area contributed by atoms with E-state index >= 15 is 0 Å². The molecule has 1 saturated carbocycles. The van der Waals surface area contributed by atoms with Crippen LogP contribution in [0, 0.1) is 0 Å². The number of carboxylic acid groups (broad SMARTS) is 1. The lowest BCUT2D eigenvalue weighted by Gasteiger charge is -2.10. The van der Waals surface area contributed by atoms with Gasteiger partial charge in [-0.3, -0.25) is 9.59 Å². The third kappa shape index (κ3) is 4.19. The molecule has 1 aromatic heterocycles. The summed E-state index contributed by atoms with van der Waals surface area (Å²) in [7, 11) is 0. The van der Waals surface area contributed by atoms with Crippen molar-refractivity contribution in [2.45, 2.75) is 43.4 Å². The van der Waals surface area contributed by atoms with Gasteiger partial charge in [-0.1, -0.05) is 11.8 Å². The second kappa shape index (κ2) is 6.00. The molecule has 104 valence electrons. The first-order chi connectivity index (χ1) is 9.06. The molecule has 1 aliphatic rings. The molecule has 1 aliphatic carbocycles. The van der Waals surface area contributed by atoms with E-state index in [4.69, 9.17) is 5.11 Å². The molecular formula is C10H15N5O3S. The molecule has 2 N–H and O–H groups in total. The number of carbonyl (C=O) groups is 2. The van der Waals surface area contributed by atoms with Gasteiger partial charge < -0.3 is 10.4 Å². The van der Waals surface area contributed by atoms with Gasteiger partial charge in [0.25, 0.3) is 0 Å². The standard InChI is InChI=1S/C10H15N5O3S/c1-6(4-9(17)18)11-8(16)5-19-10-12-13-14-15(10)7-2-3-7/h6-7H,2-5H2,1H3,(H,11,16)(H,17,18). The Morgan fingerprint density at radius 3 is 2.95 bits per heavy atom. The van der Waals surface area contributed by atoms with E-state index in [0.29, 0.717) is 11.2 Å². The second-order valence-corrected chi connectivity index (χ2v) is 5.43. The van der Waals surface area contributed by atoms with Crippen LogP contribution in [0.1, 0.15) is 32.2 Å². The molecular weight excluding hydrogens is 270 g/mol. The molecule has 1 heterocycles. The molecule has 0 radical (unpaired) electrons. The molecule has 0 bridgehead atoms. The zero-order chi connectivity index (χ0) is 13.8. The average Bonchev–Trinajstić information content (AvgIpc) is 3.04. The SMILES string of the molecule is CC(CC(=O)O)NC(=O)CSc1nnnn1C1CC1. The third-order valence-corrected chi connectivity index (χ3v) is 3.51. The summed E-state index contributed by atoms with van der Waals surface area (Å²) in [6.45, 7) is 1.66. The van der Waals surface area contributed by atoms with Crippen LogP contribution in [-0.2, 0) is 9.59 Å². The minimum atomic E-state index is -0.932. The number of thioether (sulfide) groups is 1. The Morgan fingerprint density at radius 2 is 2.32 bits per heavy atom. The molecule has 1 unspecified atom stereocenters. The number of aromatic nitrogens is 4. The number of nitrogens with zero attached hydrogens (tertiary/aromatic N) is 4. The highest BCUT2D eigenvalue weighted by Gasteiger charge is 2.28. The van der Waals surface area contributed by atoms with E-state index in [-0.39, 0.29) is 24.1 Å². The summed E-state index contributed by atoms with van der Waals surface area (Å²) in [5, 5.41) is 23.2. The van der Waals surface area contributed by atoms with E-state index in [1.807, 2.05) is 0 Å². The van der Waals surface area contributed by atoms with Crippen molar-refractivity contribution in [3.8, 4) is 0 Å². The fourth-order valence-corrected chi connectivity index (χ4v) is 2.34. The monoisotopic (exact) mass is 285 g/mol. The van der Waals surface area contributed by atoms with Gasteiger partial charge in [0, 0.05) is 6.04 Å². The number of carbonyl (C=O) groups excluding carboxylic acids is 1. The third-order valence-electron chi connectivity index (χ3n) is 2.58. The summed E-state index contributed by atoms with van der Waals surface area (Å²) >= 11 is 1.26. The lowest BCUT2D eigenvalue weighted by atomic mass is 10.2. The summed E-state index contributed by atoms with van der Waals surface area (Å²) < 4.78 is 1.73. The van der Waals surface area contributed by atoms with Crippen LogP contribution in [0.15, 0.2) is 5.16 Å². The largest absolute Gasteiger partial charge is 0.481 e. The van der Waals surface area contributed by atoms with Gasteiger partial charge in [0.2, 0.25) is 11.1 Å². The molecule has 1 atom stereocenters. The Bertz CT molecular complexity index is 473. The molecule has 9 heteroatoms. The van der Waals surface area contributed by atoms with E-state index in [0.717, 1.165) is 12.8 Å². The Hall–Kier alpha value is -1.64. The van der Waals surface area contributed by atoms with Gasteiger partial charge in [0.1, 0.15) is 0 Å². The molecule has 1 fully saturated rings. The van der Waals surface area contributed by atoms with Gasteiger partial charge in [-0.2, -0.15) is 0 Å². The van der Waals surface area contributed by atoms with Crippen LogP contribution in [0.2, 0.25) is 0 Å². The highest BCUT2D eigenvalue weighted by molar-refractivity contribution is 7.99. The van der Waals surface area contributed by atoms with E-state index in [9.17, 15) is 9.59 Å². The molecule has 2 rings (SSSR count). The van der Waals surface area contributed by atoms with Crippen LogP contribution in [0.5, 0.6) is 0 Å². The Morgan fingerprint density at radius 1 is 1.58 bits per heavy atom. The van der Waals surface area contributed by atoms with Crippen LogP contribution in [0.3, 0.4) is 0 Å². The number of aliphatic carboxylic acids is 1. The zero-order valence-electron chi connectivity index (χ0n) is 10.4. The highest BCUT2D eigenvalue weighted by Crippen LogP contribution is 2.36. The normalized spacial score (nSPS) is 16.1. The van der Waals surface area contributed by atoms with Crippen molar-refractivity contribution < 1.29 is 14.7 Å². The van der Waals surface area contributed by atoms with Gasteiger partial charge in [-0.05, 0) is 30.2 Å². The summed E-state index contributed by atoms with van der Waals surface area (Å²) in [5.74, 6) is -0.973. The summed E-state index contributed by atoms with van der Waals surface area (Å²) in [6, 6.07) is -0.0171.